The molecule has 2 rings (SSSR count). The number of rotatable bonds is 5. The van der Waals surface area contributed by atoms with Crippen molar-refractivity contribution >= 4 is 11.9 Å². The summed E-state index contributed by atoms with van der Waals surface area (Å²) in [6.45, 7) is 4.16. The summed E-state index contributed by atoms with van der Waals surface area (Å²) in [5.74, 6) is -1.08. The Morgan fingerprint density at radius 2 is 1.86 bits per heavy atom. The van der Waals surface area contributed by atoms with Crippen LogP contribution in [-0.4, -0.2) is 33.3 Å². The highest BCUT2D eigenvalue weighted by Gasteiger charge is 2.16. The van der Waals surface area contributed by atoms with Crippen molar-refractivity contribution in [2.75, 3.05) is 6.54 Å². The van der Waals surface area contributed by atoms with Gasteiger partial charge in [0.25, 0.3) is 5.91 Å². The lowest BCUT2D eigenvalue weighted by Gasteiger charge is -2.06. The molecule has 0 aliphatic rings. The van der Waals surface area contributed by atoms with E-state index in [-0.39, 0.29) is 11.5 Å². The number of carbonyl (C=O) groups excluding carboxylic acids is 1. The lowest BCUT2D eigenvalue weighted by molar-refractivity contribution is 0.0696. The third kappa shape index (κ3) is 3.33. The van der Waals surface area contributed by atoms with Crippen LogP contribution in [0.3, 0.4) is 0 Å². The lowest BCUT2D eigenvalue weighted by atomic mass is 10.1. The minimum absolute atomic E-state index is 0.134. The number of carboxylic acids is 1. The second-order valence-corrected chi connectivity index (χ2v) is 5.18. The van der Waals surface area contributed by atoms with Crippen molar-refractivity contribution in [2.24, 2.45) is 7.05 Å². The molecule has 1 heterocycles. The first-order valence-electron chi connectivity index (χ1n) is 7.00. The standard InChI is InChI=1S/C16H19N3O3/c1-10-14(11(2)19(3)18-10)15(20)17-9-8-12-4-6-13(7-5-12)16(21)22/h4-7H,8-9H2,1-3H3,(H,17,20)(H,21,22). The predicted molar refractivity (Wildman–Crippen MR) is 82.1 cm³/mol. The molecule has 0 atom stereocenters. The molecule has 1 aromatic heterocycles. The van der Waals surface area contributed by atoms with E-state index in [1.807, 2.05) is 20.9 Å². The maximum absolute atomic E-state index is 12.2. The molecule has 2 N–H and O–H groups in total. The van der Waals surface area contributed by atoms with E-state index in [0.29, 0.717) is 24.2 Å². The fraction of sp³-hybridized carbons (Fsp3) is 0.312. The Bertz CT molecular complexity index is 702. The van der Waals surface area contributed by atoms with Gasteiger partial charge < -0.3 is 10.4 Å². The number of aromatic nitrogens is 2. The van der Waals surface area contributed by atoms with Crippen molar-refractivity contribution in [3.8, 4) is 0 Å². The van der Waals surface area contributed by atoms with Crippen LogP contribution in [0.1, 0.15) is 37.7 Å². The van der Waals surface area contributed by atoms with Crippen molar-refractivity contribution < 1.29 is 14.7 Å². The van der Waals surface area contributed by atoms with Gasteiger partial charge >= 0.3 is 5.97 Å². The summed E-state index contributed by atoms with van der Waals surface area (Å²) in [7, 11) is 1.81. The minimum atomic E-state index is -0.942. The van der Waals surface area contributed by atoms with Crippen LogP contribution in [0.25, 0.3) is 0 Å². The van der Waals surface area contributed by atoms with Gasteiger partial charge in [0.15, 0.2) is 0 Å². The van der Waals surface area contributed by atoms with Crippen LogP contribution in [0.15, 0.2) is 24.3 Å². The minimum Gasteiger partial charge on any atom is -0.478 e. The van der Waals surface area contributed by atoms with E-state index >= 15 is 0 Å². The summed E-state index contributed by atoms with van der Waals surface area (Å²) in [4.78, 5) is 23.0. The molecule has 0 bridgehead atoms. The molecular weight excluding hydrogens is 282 g/mol. The molecule has 0 unspecified atom stereocenters. The van der Waals surface area contributed by atoms with Crippen LogP contribution >= 0.6 is 0 Å². The zero-order chi connectivity index (χ0) is 16.3. The molecule has 0 radical (unpaired) electrons. The molecule has 0 aliphatic carbocycles. The number of carboxylic acid groups (broad SMARTS) is 1. The number of aryl methyl sites for hydroxylation is 2. The Kier molecular flexibility index (Phi) is 4.60. The topological polar surface area (TPSA) is 84.2 Å². The van der Waals surface area contributed by atoms with Gasteiger partial charge in [0.1, 0.15) is 0 Å². The van der Waals surface area contributed by atoms with Gasteiger partial charge in [-0.15, -0.1) is 0 Å². The number of aromatic carboxylic acids is 1. The van der Waals surface area contributed by atoms with E-state index in [4.69, 9.17) is 5.11 Å². The smallest absolute Gasteiger partial charge is 0.335 e. The molecule has 6 heteroatoms. The molecule has 0 saturated heterocycles. The highest BCUT2D eigenvalue weighted by molar-refractivity contribution is 5.96. The molecule has 116 valence electrons. The van der Waals surface area contributed by atoms with E-state index in [9.17, 15) is 9.59 Å². The zero-order valence-electron chi connectivity index (χ0n) is 12.9. The molecule has 0 aliphatic heterocycles. The van der Waals surface area contributed by atoms with E-state index in [1.54, 1.807) is 28.9 Å². The maximum atomic E-state index is 12.2. The molecule has 0 saturated carbocycles. The van der Waals surface area contributed by atoms with Crippen molar-refractivity contribution in [3.05, 3.63) is 52.3 Å². The Hall–Kier alpha value is -2.63. The van der Waals surface area contributed by atoms with Gasteiger partial charge in [0.2, 0.25) is 0 Å². The first-order valence-corrected chi connectivity index (χ1v) is 7.00. The Morgan fingerprint density at radius 1 is 1.23 bits per heavy atom. The number of carbonyl (C=O) groups is 2. The maximum Gasteiger partial charge on any atom is 0.335 e. The summed E-state index contributed by atoms with van der Waals surface area (Å²) in [5, 5.41) is 15.9. The van der Waals surface area contributed by atoms with E-state index in [0.717, 1.165) is 11.3 Å². The zero-order valence-corrected chi connectivity index (χ0v) is 12.9. The van der Waals surface area contributed by atoms with Crippen molar-refractivity contribution in [1.29, 1.82) is 0 Å². The van der Waals surface area contributed by atoms with Crippen LogP contribution in [0.2, 0.25) is 0 Å². The summed E-state index contributed by atoms with van der Waals surface area (Å²) in [6, 6.07) is 6.65. The van der Waals surface area contributed by atoms with Gasteiger partial charge in [-0.2, -0.15) is 5.10 Å². The van der Waals surface area contributed by atoms with Crippen LogP contribution in [-0.2, 0) is 13.5 Å². The number of nitrogens with zero attached hydrogens (tertiary/aromatic N) is 2. The third-order valence-corrected chi connectivity index (χ3v) is 3.64. The van der Waals surface area contributed by atoms with Crippen LogP contribution in [0.4, 0.5) is 0 Å². The van der Waals surface area contributed by atoms with Gasteiger partial charge in [-0.3, -0.25) is 9.48 Å². The van der Waals surface area contributed by atoms with Crippen molar-refractivity contribution in [3.63, 3.8) is 0 Å². The van der Waals surface area contributed by atoms with Gasteiger partial charge in [-0.05, 0) is 38.0 Å². The van der Waals surface area contributed by atoms with E-state index < -0.39 is 5.97 Å². The van der Waals surface area contributed by atoms with E-state index in [2.05, 4.69) is 10.4 Å². The first-order chi connectivity index (χ1) is 10.4. The fourth-order valence-electron chi connectivity index (χ4n) is 2.32. The highest BCUT2D eigenvalue weighted by Crippen LogP contribution is 2.11. The average Bonchev–Trinajstić information content (AvgIpc) is 2.72. The largest absolute Gasteiger partial charge is 0.478 e. The molecule has 0 fully saturated rings. The summed E-state index contributed by atoms with van der Waals surface area (Å²) < 4.78 is 1.69. The first kappa shape index (κ1) is 15.8. The van der Waals surface area contributed by atoms with Crippen molar-refractivity contribution in [2.45, 2.75) is 20.3 Å². The van der Waals surface area contributed by atoms with Crippen LogP contribution in [0.5, 0.6) is 0 Å². The molecule has 2 aromatic rings. The predicted octanol–water partition coefficient (Wildman–Crippen LogP) is 1.71. The van der Waals surface area contributed by atoms with E-state index in [1.165, 1.54) is 0 Å². The van der Waals surface area contributed by atoms with Gasteiger partial charge in [0.05, 0.1) is 16.8 Å². The monoisotopic (exact) mass is 301 g/mol. The molecule has 1 amide bonds. The molecule has 6 nitrogen and oxygen atoms in total. The number of amides is 1. The normalized spacial score (nSPS) is 10.5. The second-order valence-electron chi connectivity index (χ2n) is 5.18. The number of benzene rings is 1. The summed E-state index contributed by atoms with van der Waals surface area (Å²) >= 11 is 0. The summed E-state index contributed by atoms with van der Waals surface area (Å²) in [6.07, 6.45) is 0.643. The Labute approximate surface area is 128 Å². The van der Waals surface area contributed by atoms with Crippen LogP contribution in [0, 0.1) is 13.8 Å². The molecular formula is C16H19N3O3. The number of hydrogen-bond acceptors (Lipinski definition) is 3. The molecule has 0 spiro atoms. The fourth-order valence-corrected chi connectivity index (χ4v) is 2.32. The number of nitrogens with one attached hydrogen (secondary N) is 1. The van der Waals surface area contributed by atoms with Crippen LogP contribution < -0.4 is 5.32 Å². The Morgan fingerprint density at radius 3 is 2.36 bits per heavy atom. The Balaban J connectivity index is 1.93. The van der Waals surface area contributed by atoms with Gasteiger partial charge in [0, 0.05) is 19.3 Å². The van der Waals surface area contributed by atoms with Crippen molar-refractivity contribution in [1.82, 2.24) is 15.1 Å². The summed E-state index contributed by atoms with van der Waals surface area (Å²) in [5.41, 5.74) is 3.40. The van der Waals surface area contributed by atoms with Gasteiger partial charge in [-0.25, -0.2) is 4.79 Å². The SMILES string of the molecule is Cc1nn(C)c(C)c1C(=O)NCCc1ccc(C(=O)O)cc1. The number of hydrogen-bond donors (Lipinski definition) is 2. The third-order valence-electron chi connectivity index (χ3n) is 3.64. The second kappa shape index (κ2) is 6.43. The molecule has 1 aromatic carbocycles. The average molecular weight is 301 g/mol. The molecule has 22 heavy (non-hydrogen) atoms. The lowest BCUT2D eigenvalue weighted by Crippen LogP contribution is -2.26. The quantitative estimate of drug-likeness (QED) is 0.880. The van der Waals surface area contributed by atoms with Gasteiger partial charge in [-0.1, -0.05) is 12.1 Å². The highest BCUT2D eigenvalue weighted by atomic mass is 16.4.